The van der Waals surface area contributed by atoms with Gasteiger partial charge in [-0.05, 0) is 57.3 Å². The first-order valence-corrected chi connectivity index (χ1v) is 16.1. The van der Waals surface area contributed by atoms with Crippen LogP contribution in [0.3, 0.4) is 0 Å². The molecule has 0 saturated carbocycles. The summed E-state index contributed by atoms with van der Waals surface area (Å²) < 4.78 is 0. The number of benzene rings is 5. The van der Waals surface area contributed by atoms with Crippen LogP contribution in [0, 0.1) is 0 Å². The second kappa shape index (κ2) is 8.89. The Hall–Kier alpha value is -4.01. The molecule has 1 nitrogen and oxygen atoms in total. The van der Waals surface area contributed by atoms with Gasteiger partial charge in [0.2, 0.25) is 0 Å². The number of rotatable bonds is 4. The highest BCUT2D eigenvalue weighted by molar-refractivity contribution is 6.88. The summed E-state index contributed by atoms with van der Waals surface area (Å²) >= 11 is 0. The van der Waals surface area contributed by atoms with Crippen LogP contribution in [0.15, 0.2) is 121 Å². The van der Waals surface area contributed by atoms with Crippen LogP contribution in [-0.4, -0.2) is 13.1 Å². The quantitative estimate of drug-likeness (QED) is 0.230. The SMILES string of the molecule is C[Si](C)(C)c1ccc(-c2ccc(-c3ccc4cc(-c5ccc6ccccc6n5)ccc4c3)cc2)cc1. The first-order chi connectivity index (χ1) is 17.4. The van der Waals surface area contributed by atoms with Crippen molar-refractivity contribution in [3.8, 4) is 33.5 Å². The van der Waals surface area contributed by atoms with Crippen LogP contribution in [0.2, 0.25) is 19.6 Å². The highest BCUT2D eigenvalue weighted by Crippen LogP contribution is 2.30. The molecule has 36 heavy (non-hydrogen) atoms. The van der Waals surface area contributed by atoms with E-state index in [-0.39, 0.29) is 0 Å². The van der Waals surface area contributed by atoms with Gasteiger partial charge in [0, 0.05) is 10.9 Å². The van der Waals surface area contributed by atoms with E-state index in [1.54, 1.807) is 0 Å². The molecule has 0 bridgehead atoms. The van der Waals surface area contributed by atoms with Gasteiger partial charge in [-0.1, -0.05) is 122 Å². The van der Waals surface area contributed by atoms with Crippen LogP contribution in [0.4, 0.5) is 0 Å². The Kier molecular flexibility index (Phi) is 5.54. The molecular weight excluding hydrogens is 450 g/mol. The van der Waals surface area contributed by atoms with Crippen LogP contribution in [-0.2, 0) is 0 Å². The molecule has 0 fully saturated rings. The number of pyridine rings is 1. The van der Waals surface area contributed by atoms with Gasteiger partial charge < -0.3 is 0 Å². The van der Waals surface area contributed by atoms with E-state index in [9.17, 15) is 0 Å². The van der Waals surface area contributed by atoms with Crippen LogP contribution >= 0.6 is 0 Å². The summed E-state index contributed by atoms with van der Waals surface area (Å²) in [6.07, 6.45) is 0. The number of fused-ring (bicyclic) bond motifs is 2. The monoisotopic (exact) mass is 479 g/mol. The van der Waals surface area contributed by atoms with Crippen molar-refractivity contribution in [3.63, 3.8) is 0 Å². The molecule has 2 heteroatoms. The minimum Gasteiger partial charge on any atom is -0.248 e. The predicted molar refractivity (Wildman–Crippen MR) is 159 cm³/mol. The maximum atomic E-state index is 4.87. The van der Waals surface area contributed by atoms with Gasteiger partial charge in [-0.2, -0.15) is 0 Å². The van der Waals surface area contributed by atoms with E-state index in [4.69, 9.17) is 4.98 Å². The van der Waals surface area contributed by atoms with Gasteiger partial charge >= 0.3 is 0 Å². The fourth-order valence-electron chi connectivity index (χ4n) is 4.83. The standard InChI is InChI=1S/C34H29NSi/c1-36(2,3)32-19-16-25(17-20-32)24-8-10-26(11-9-24)28-12-13-30-23-31(15-14-29(30)22-28)34-21-18-27-6-4-5-7-33(27)35-34/h4-23H,1-3H3. The van der Waals surface area contributed by atoms with Crippen molar-refractivity contribution in [2.24, 2.45) is 0 Å². The third-order valence-corrected chi connectivity index (χ3v) is 9.10. The molecule has 5 aromatic carbocycles. The lowest BCUT2D eigenvalue weighted by Crippen LogP contribution is -2.37. The van der Waals surface area contributed by atoms with Crippen molar-refractivity contribution in [1.29, 1.82) is 0 Å². The lowest BCUT2D eigenvalue weighted by Gasteiger charge is -2.16. The van der Waals surface area contributed by atoms with E-state index in [0.717, 1.165) is 16.8 Å². The topological polar surface area (TPSA) is 12.9 Å². The summed E-state index contributed by atoms with van der Waals surface area (Å²) in [5.74, 6) is 0. The molecule has 0 aliphatic carbocycles. The number of nitrogens with zero attached hydrogens (tertiary/aromatic N) is 1. The van der Waals surface area contributed by atoms with Gasteiger partial charge in [0.25, 0.3) is 0 Å². The summed E-state index contributed by atoms with van der Waals surface area (Å²) in [5, 5.41) is 5.13. The van der Waals surface area contributed by atoms with Gasteiger partial charge in [-0.15, -0.1) is 0 Å². The Morgan fingerprint density at radius 2 is 0.944 bits per heavy atom. The first kappa shape index (κ1) is 22.5. The molecule has 0 aliphatic heterocycles. The summed E-state index contributed by atoms with van der Waals surface area (Å²) in [6.45, 7) is 7.17. The molecule has 6 aromatic rings. The normalized spacial score (nSPS) is 11.8. The number of hydrogen-bond acceptors (Lipinski definition) is 1. The van der Waals surface area contributed by atoms with Crippen LogP contribution in [0.1, 0.15) is 0 Å². The van der Waals surface area contributed by atoms with E-state index in [1.807, 2.05) is 6.07 Å². The van der Waals surface area contributed by atoms with Gasteiger partial charge in [-0.25, -0.2) is 4.98 Å². The highest BCUT2D eigenvalue weighted by Gasteiger charge is 2.15. The molecular formula is C34H29NSi. The summed E-state index contributed by atoms with van der Waals surface area (Å²) in [5.41, 5.74) is 8.19. The van der Waals surface area contributed by atoms with Gasteiger partial charge in [-0.3, -0.25) is 0 Å². The molecule has 0 aliphatic rings. The van der Waals surface area contributed by atoms with E-state index < -0.39 is 8.07 Å². The third-order valence-electron chi connectivity index (χ3n) is 7.04. The predicted octanol–water partition coefficient (Wildman–Crippen LogP) is 8.93. The Balaban J connectivity index is 1.27. The average molecular weight is 480 g/mol. The molecule has 1 heterocycles. The molecule has 174 valence electrons. The lowest BCUT2D eigenvalue weighted by atomic mass is 9.97. The van der Waals surface area contributed by atoms with E-state index in [2.05, 4.69) is 135 Å². The van der Waals surface area contributed by atoms with E-state index in [0.29, 0.717) is 0 Å². The second-order valence-electron chi connectivity index (χ2n) is 10.6. The maximum absolute atomic E-state index is 4.87. The Morgan fingerprint density at radius 1 is 0.444 bits per heavy atom. The number of para-hydroxylation sites is 1. The fraction of sp³-hybridized carbons (Fsp3) is 0.0882. The van der Waals surface area contributed by atoms with Gasteiger partial charge in [0.1, 0.15) is 0 Å². The molecule has 6 rings (SSSR count). The molecule has 0 radical (unpaired) electrons. The zero-order valence-electron chi connectivity index (χ0n) is 21.0. The van der Waals surface area contributed by atoms with Gasteiger partial charge in [0.05, 0.1) is 19.3 Å². The molecule has 0 amide bonds. The van der Waals surface area contributed by atoms with Crippen LogP contribution < -0.4 is 5.19 Å². The maximum Gasteiger partial charge on any atom is 0.0775 e. The Bertz CT molecular complexity index is 1690. The highest BCUT2D eigenvalue weighted by atomic mass is 28.3. The van der Waals surface area contributed by atoms with Gasteiger partial charge in [0.15, 0.2) is 0 Å². The molecule has 0 spiro atoms. The van der Waals surface area contributed by atoms with E-state index in [1.165, 1.54) is 43.6 Å². The van der Waals surface area contributed by atoms with E-state index >= 15 is 0 Å². The number of hydrogen-bond donors (Lipinski definition) is 0. The second-order valence-corrected chi connectivity index (χ2v) is 15.6. The molecule has 0 N–H and O–H groups in total. The zero-order valence-corrected chi connectivity index (χ0v) is 22.0. The third kappa shape index (κ3) is 4.36. The molecule has 0 unspecified atom stereocenters. The van der Waals surface area contributed by atoms with Crippen molar-refractivity contribution in [3.05, 3.63) is 121 Å². The smallest absolute Gasteiger partial charge is 0.0775 e. The minimum absolute atomic E-state index is 1.01. The zero-order chi connectivity index (χ0) is 24.7. The van der Waals surface area contributed by atoms with Crippen LogP contribution in [0.25, 0.3) is 55.2 Å². The molecule has 1 aromatic heterocycles. The fourth-order valence-corrected chi connectivity index (χ4v) is 6.00. The Labute approximate surface area is 214 Å². The van der Waals surface area contributed by atoms with Crippen molar-refractivity contribution >= 4 is 34.9 Å². The van der Waals surface area contributed by atoms with Crippen molar-refractivity contribution in [2.45, 2.75) is 19.6 Å². The summed E-state index contributed by atoms with van der Waals surface area (Å²) in [7, 11) is -1.27. The van der Waals surface area contributed by atoms with Crippen molar-refractivity contribution < 1.29 is 0 Å². The largest absolute Gasteiger partial charge is 0.248 e. The minimum atomic E-state index is -1.27. The number of aromatic nitrogens is 1. The molecule has 0 atom stereocenters. The van der Waals surface area contributed by atoms with Crippen molar-refractivity contribution in [1.82, 2.24) is 4.98 Å². The summed E-state index contributed by atoms with van der Waals surface area (Å²) in [6, 6.07) is 43.9. The Morgan fingerprint density at radius 3 is 1.61 bits per heavy atom. The van der Waals surface area contributed by atoms with Crippen LogP contribution in [0.5, 0.6) is 0 Å². The molecule has 0 saturated heterocycles. The first-order valence-electron chi connectivity index (χ1n) is 12.6. The van der Waals surface area contributed by atoms with Crippen molar-refractivity contribution in [2.75, 3.05) is 0 Å². The summed E-state index contributed by atoms with van der Waals surface area (Å²) in [4.78, 5) is 4.87. The lowest BCUT2D eigenvalue weighted by molar-refractivity contribution is 1.40. The average Bonchev–Trinajstić information content (AvgIpc) is 2.92.